The van der Waals surface area contributed by atoms with Crippen molar-refractivity contribution in [2.24, 2.45) is 0 Å². The molecule has 6 heteroatoms. The number of nitrogens with one attached hydrogen (secondary N) is 3. The van der Waals surface area contributed by atoms with E-state index in [1.54, 1.807) is 24.3 Å². The zero-order chi connectivity index (χ0) is 17.1. The fraction of sp³-hybridized carbons (Fsp3) is 0.529. The van der Waals surface area contributed by atoms with Crippen LogP contribution in [0.4, 0.5) is 5.69 Å². The Morgan fingerprint density at radius 1 is 1.04 bits per heavy atom. The summed E-state index contributed by atoms with van der Waals surface area (Å²) in [4.78, 5) is 24.6. The minimum absolute atomic E-state index is 0.0155. The van der Waals surface area contributed by atoms with Gasteiger partial charge in [-0.3, -0.25) is 9.59 Å². The molecule has 5 nitrogen and oxygen atoms in total. The molecule has 3 N–H and O–H groups in total. The number of amides is 2. The van der Waals surface area contributed by atoms with Crippen molar-refractivity contribution in [3.8, 4) is 0 Å². The van der Waals surface area contributed by atoms with Crippen molar-refractivity contribution in [3.05, 3.63) is 29.3 Å². The number of hydrogen-bond acceptors (Lipinski definition) is 2. The summed E-state index contributed by atoms with van der Waals surface area (Å²) in [7, 11) is 1.83. The monoisotopic (exact) mass is 340 g/mol. The van der Waals surface area contributed by atoms with E-state index in [0.29, 0.717) is 23.8 Å². The molecule has 0 heterocycles. The van der Waals surface area contributed by atoms with Gasteiger partial charge in [-0.15, -0.1) is 0 Å². The highest BCUT2D eigenvalue weighted by Crippen LogP contribution is 2.12. The molecular weight excluding hydrogens is 314 g/mol. The molecule has 128 valence electrons. The molecule has 0 radical (unpaired) electrons. The summed E-state index contributed by atoms with van der Waals surface area (Å²) in [6.07, 6.45) is 4.54. The first-order valence-electron chi connectivity index (χ1n) is 8.14. The molecule has 0 saturated heterocycles. The van der Waals surface area contributed by atoms with Crippen LogP contribution in [0, 0.1) is 0 Å². The van der Waals surface area contributed by atoms with Crippen molar-refractivity contribution < 1.29 is 14.5 Å². The lowest BCUT2D eigenvalue weighted by Crippen LogP contribution is -3.11. The van der Waals surface area contributed by atoms with Crippen LogP contribution in [0.1, 0.15) is 32.6 Å². The number of carbonyl (C=O) groups excluding carboxylic acids is 2. The van der Waals surface area contributed by atoms with Crippen molar-refractivity contribution in [3.63, 3.8) is 0 Å². The lowest BCUT2D eigenvalue weighted by molar-refractivity contribution is -0.862. The van der Waals surface area contributed by atoms with Crippen molar-refractivity contribution in [2.45, 2.75) is 32.6 Å². The Kier molecular flexibility index (Phi) is 9.33. The number of unbranched alkanes of at least 4 members (excludes halogenated alkanes) is 3. The zero-order valence-corrected chi connectivity index (χ0v) is 14.7. The summed E-state index contributed by atoms with van der Waals surface area (Å²) in [6.45, 7) is 3.41. The first-order chi connectivity index (χ1) is 11.0. The third-order valence-electron chi connectivity index (χ3n) is 3.41. The maximum absolute atomic E-state index is 11.9. The normalized spacial score (nSPS) is 11.8. The molecule has 1 aromatic rings. The fourth-order valence-corrected chi connectivity index (χ4v) is 2.32. The third kappa shape index (κ3) is 9.21. The van der Waals surface area contributed by atoms with Crippen LogP contribution in [0.15, 0.2) is 24.3 Å². The maximum Gasteiger partial charge on any atom is 0.279 e. The second-order valence-electron chi connectivity index (χ2n) is 5.78. The Morgan fingerprint density at radius 3 is 2.35 bits per heavy atom. The standard InChI is InChI=1S/C17H26ClN3O2/c1-3-4-5-6-11-19-16(22)12-21(2)13-17(23)20-15-9-7-14(18)8-10-15/h7-10H,3-6,11-13H2,1-2H3,(H,19,22)(H,20,23)/p+1. The second-order valence-corrected chi connectivity index (χ2v) is 6.21. The molecule has 0 aromatic heterocycles. The highest BCUT2D eigenvalue weighted by Gasteiger charge is 2.13. The Labute approximate surface area is 143 Å². The van der Waals surface area contributed by atoms with E-state index in [1.807, 2.05) is 7.05 Å². The molecular formula is C17H27ClN3O2+. The Hall–Kier alpha value is -1.59. The number of benzene rings is 1. The van der Waals surface area contributed by atoms with Crippen molar-refractivity contribution >= 4 is 29.1 Å². The smallest absolute Gasteiger partial charge is 0.279 e. The molecule has 0 fully saturated rings. The molecule has 1 rings (SSSR count). The van der Waals surface area contributed by atoms with E-state index in [2.05, 4.69) is 17.6 Å². The zero-order valence-electron chi connectivity index (χ0n) is 14.0. The van der Waals surface area contributed by atoms with Gasteiger partial charge in [-0.25, -0.2) is 0 Å². The summed E-state index contributed by atoms with van der Waals surface area (Å²) < 4.78 is 0. The maximum atomic E-state index is 11.9. The average Bonchev–Trinajstić information content (AvgIpc) is 2.49. The Morgan fingerprint density at radius 2 is 1.70 bits per heavy atom. The van der Waals surface area contributed by atoms with Crippen LogP contribution < -0.4 is 15.5 Å². The summed E-state index contributed by atoms with van der Waals surface area (Å²) in [5.74, 6) is -0.140. The molecule has 0 spiro atoms. The quantitative estimate of drug-likeness (QED) is 0.565. The van der Waals surface area contributed by atoms with Gasteiger partial charge in [0.25, 0.3) is 11.8 Å². The molecule has 1 aromatic carbocycles. The lowest BCUT2D eigenvalue weighted by Gasteiger charge is -2.13. The molecule has 2 amide bonds. The van der Waals surface area contributed by atoms with Gasteiger partial charge in [0.1, 0.15) is 0 Å². The number of halogens is 1. The third-order valence-corrected chi connectivity index (χ3v) is 3.66. The molecule has 0 aliphatic heterocycles. The van der Waals surface area contributed by atoms with Gasteiger partial charge in [-0.2, -0.15) is 0 Å². The van der Waals surface area contributed by atoms with Gasteiger partial charge in [0.15, 0.2) is 13.1 Å². The molecule has 0 saturated carbocycles. The number of likely N-dealkylation sites (N-methyl/N-ethyl adjacent to an activating group) is 1. The first kappa shape index (κ1) is 19.5. The lowest BCUT2D eigenvalue weighted by atomic mass is 10.2. The summed E-state index contributed by atoms with van der Waals surface area (Å²) in [6, 6.07) is 6.94. The predicted octanol–water partition coefficient (Wildman–Crippen LogP) is 1.49. The average molecular weight is 341 g/mol. The van der Waals surface area contributed by atoms with Gasteiger partial charge in [-0.05, 0) is 30.7 Å². The minimum atomic E-state index is -0.124. The number of quaternary nitrogens is 1. The number of carbonyl (C=O) groups is 2. The van der Waals surface area contributed by atoms with Crippen LogP contribution in [0.3, 0.4) is 0 Å². The van der Waals surface area contributed by atoms with Gasteiger partial charge in [0.2, 0.25) is 0 Å². The van der Waals surface area contributed by atoms with Crippen molar-refractivity contribution in [2.75, 3.05) is 32.0 Å². The highest BCUT2D eigenvalue weighted by atomic mass is 35.5. The number of hydrogen-bond donors (Lipinski definition) is 3. The van der Waals surface area contributed by atoms with Gasteiger partial charge < -0.3 is 15.5 Å². The van der Waals surface area contributed by atoms with Gasteiger partial charge in [0.05, 0.1) is 7.05 Å². The van der Waals surface area contributed by atoms with E-state index in [0.717, 1.165) is 17.7 Å². The molecule has 0 aliphatic carbocycles. The Balaban J connectivity index is 2.21. The van der Waals surface area contributed by atoms with Gasteiger partial charge in [0, 0.05) is 17.3 Å². The number of anilines is 1. The molecule has 0 bridgehead atoms. The fourth-order valence-electron chi connectivity index (χ4n) is 2.19. The van der Waals surface area contributed by atoms with Crippen LogP contribution in [0.2, 0.25) is 5.02 Å². The SMILES string of the molecule is CCCCCCNC(=O)C[NH+](C)CC(=O)Nc1ccc(Cl)cc1. The van der Waals surface area contributed by atoms with Crippen molar-refractivity contribution in [1.29, 1.82) is 0 Å². The molecule has 1 unspecified atom stereocenters. The van der Waals surface area contributed by atoms with Crippen LogP contribution in [0.5, 0.6) is 0 Å². The predicted molar refractivity (Wildman–Crippen MR) is 93.9 cm³/mol. The summed E-state index contributed by atoms with van der Waals surface area (Å²) in [5, 5.41) is 6.31. The van der Waals surface area contributed by atoms with Gasteiger partial charge in [-0.1, -0.05) is 37.8 Å². The topological polar surface area (TPSA) is 62.6 Å². The first-order valence-corrected chi connectivity index (χ1v) is 8.52. The summed E-state index contributed by atoms with van der Waals surface area (Å²) in [5.41, 5.74) is 0.701. The van der Waals surface area contributed by atoms with Gasteiger partial charge >= 0.3 is 0 Å². The van der Waals surface area contributed by atoms with E-state index in [1.165, 1.54) is 12.8 Å². The van der Waals surface area contributed by atoms with E-state index in [-0.39, 0.29) is 18.4 Å². The van der Waals surface area contributed by atoms with Crippen LogP contribution >= 0.6 is 11.6 Å². The number of rotatable bonds is 10. The van der Waals surface area contributed by atoms with Crippen LogP contribution in [0.25, 0.3) is 0 Å². The second kappa shape index (κ2) is 11.0. The van der Waals surface area contributed by atoms with Crippen LogP contribution in [-0.2, 0) is 9.59 Å². The van der Waals surface area contributed by atoms with E-state index >= 15 is 0 Å². The van der Waals surface area contributed by atoms with E-state index in [4.69, 9.17) is 11.6 Å². The largest absolute Gasteiger partial charge is 0.351 e. The summed E-state index contributed by atoms with van der Waals surface area (Å²) >= 11 is 5.80. The van der Waals surface area contributed by atoms with E-state index < -0.39 is 0 Å². The molecule has 23 heavy (non-hydrogen) atoms. The molecule has 0 aliphatic rings. The highest BCUT2D eigenvalue weighted by molar-refractivity contribution is 6.30. The minimum Gasteiger partial charge on any atom is -0.351 e. The van der Waals surface area contributed by atoms with E-state index in [9.17, 15) is 9.59 Å². The van der Waals surface area contributed by atoms with Crippen molar-refractivity contribution in [1.82, 2.24) is 5.32 Å². The Bertz CT molecular complexity index is 491. The molecule has 1 atom stereocenters. The van der Waals surface area contributed by atoms with Crippen LogP contribution in [-0.4, -0.2) is 38.5 Å².